The third-order valence-electron chi connectivity index (χ3n) is 2.81. The number of likely N-dealkylation sites (N-methyl/N-ethyl adjacent to an activating group) is 1. The molecule has 0 spiro atoms. The average molecular weight is 235 g/mol. The summed E-state index contributed by atoms with van der Waals surface area (Å²) in [4.78, 5) is 12.0. The lowest BCUT2D eigenvalue weighted by atomic mass is 9.91. The van der Waals surface area contributed by atoms with E-state index in [-0.39, 0.29) is 11.7 Å². The lowest BCUT2D eigenvalue weighted by Crippen LogP contribution is -2.20. The van der Waals surface area contributed by atoms with Crippen molar-refractivity contribution in [2.75, 3.05) is 20.7 Å². The van der Waals surface area contributed by atoms with E-state index in [1.165, 1.54) is 0 Å². The zero-order valence-electron chi connectivity index (χ0n) is 11.3. The van der Waals surface area contributed by atoms with E-state index >= 15 is 0 Å². The van der Waals surface area contributed by atoms with Crippen molar-refractivity contribution in [3.8, 4) is 5.75 Å². The number of carbonyl (C=O) groups excluding carboxylic acids is 1. The van der Waals surface area contributed by atoms with E-state index in [2.05, 4.69) is 19.2 Å². The van der Waals surface area contributed by atoms with E-state index in [9.17, 15) is 4.79 Å². The van der Waals surface area contributed by atoms with Gasteiger partial charge >= 0.3 is 0 Å². The van der Waals surface area contributed by atoms with Crippen LogP contribution in [0.4, 0.5) is 0 Å². The number of hydrogen-bond donors (Lipinski definition) is 1. The van der Waals surface area contributed by atoms with E-state index in [4.69, 9.17) is 4.74 Å². The Balaban J connectivity index is 3.35. The maximum atomic E-state index is 12.0. The second kappa shape index (κ2) is 5.82. The number of benzene rings is 1. The summed E-state index contributed by atoms with van der Waals surface area (Å²) in [6.45, 7) is 6.50. The summed E-state index contributed by atoms with van der Waals surface area (Å²) in [5, 5.41) is 2.89. The van der Waals surface area contributed by atoms with Gasteiger partial charge < -0.3 is 10.1 Å². The Morgan fingerprint density at radius 2 is 2.06 bits per heavy atom. The Morgan fingerprint density at radius 1 is 1.41 bits per heavy atom. The van der Waals surface area contributed by atoms with E-state index in [0.717, 1.165) is 22.4 Å². The molecular weight excluding hydrogens is 214 g/mol. The zero-order chi connectivity index (χ0) is 13.0. The summed E-state index contributed by atoms with van der Waals surface area (Å²) < 4.78 is 5.43. The predicted molar refractivity (Wildman–Crippen MR) is 70.1 cm³/mol. The topological polar surface area (TPSA) is 38.3 Å². The molecule has 1 N–H and O–H groups in total. The zero-order valence-corrected chi connectivity index (χ0v) is 11.3. The summed E-state index contributed by atoms with van der Waals surface area (Å²) in [6.07, 6.45) is 0. The van der Waals surface area contributed by atoms with Gasteiger partial charge in [-0.2, -0.15) is 0 Å². The van der Waals surface area contributed by atoms with Crippen LogP contribution in [-0.2, 0) is 0 Å². The first kappa shape index (κ1) is 13.7. The molecule has 0 amide bonds. The van der Waals surface area contributed by atoms with Crippen LogP contribution >= 0.6 is 0 Å². The molecule has 0 atom stereocenters. The van der Waals surface area contributed by atoms with Crippen LogP contribution in [0.2, 0.25) is 0 Å². The Bertz CT molecular complexity index is 411. The largest absolute Gasteiger partial charge is 0.496 e. The summed E-state index contributed by atoms with van der Waals surface area (Å²) in [5.74, 6) is 1.21. The molecule has 0 fully saturated rings. The Hall–Kier alpha value is -1.35. The fourth-order valence-electron chi connectivity index (χ4n) is 2.05. The number of ether oxygens (including phenoxy) is 1. The van der Waals surface area contributed by atoms with Gasteiger partial charge in [0, 0.05) is 11.1 Å². The number of methoxy groups -OCH3 is 1. The summed E-state index contributed by atoms with van der Waals surface area (Å²) in [5.41, 5.74) is 2.83. The first-order chi connectivity index (χ1) is 8.02. The highest BCUT2D eigenvalue weighted by Gasteiger charge is 2.19. The minimum atomic E-state index is 0.106. The predicted octanol–water partition coefficient (Wildman–Crippen LogP) is 2.53. The monoisotopic (exact) mass is 235 g/mol. The van der Waals surface area contributed by atoms with E-state index < -0.39 is 0 Å². The normalized spacial score (nSPS) is 10.7. The second-order valence-corrected chi connectivity index (χ2v) is 4.49. The van der Waals surface area contributed by atoms with Crippen LogP contribution in [-0.4, -0.2) is 26.5 Å². The fourth-order valence-corrected chi connectivity index (χ4v) is 2.05. The number of hydrogen-bond acceptors (Lipinski definition) is 3. The second-order valence-electron chi connectivity index (χ2n) is 4.49. The maximum Gasteiger partial charge on any atom is 0.177 e. The minimum absolute atomic E-state index is 0.106. The number of rotatable bonds is 5. The van der Waals surface area contributed by atoms with Crippen LogP contribution in [0.5, 0.6) is 5.75 Å². The molecule has 0 saturated heterocycles. The van der Waals surface area contributed by atoms with E-state index in [1.54, 1.807) is 14.2 Å². The molecule has 3 nitrogen and oxygen atoms in total. The van der Waals surface area contributed by atoms with Crippen LogP contribution in [0.3, 0.4) is 0 Å². The maximum absolute atomic E-state index is 12.0. The molecule has 1 rings (SSSR count). The minimum Gasteiger partial charge on any atom is -0.496 e. The van der Waals surface area contributed by atoms with Crippen molar-refractivity contribution in [1.82, 2.24) is 5.32 Å². The highest BCUT2D eigenvalue weighted by atomic mass is 16.5. The number of carbonyl (C=O) groups is 1. The van der Waals surface area contributed by atoms with Gasteiger partial charge in [-0.25, -0.2) is 0 Å². The van der Waals surface area contributed by atoms with Gasteiger partial charge in [-0.3, -0.25) is 4.79 Å². The molecule has 0 heterocycles. The van der Waals surface area contributed by atoms with E-state index in [1.807, 2.05) is 19.1 Å². The first-order valence-corrected chi connectivity index (χ1v) is 5.88. The van der Waals surface area contributed by atoms with Gasteiger partial charge in [-0.05, 0) is 25.5 Å². The number of Topliss-reactive ketones (excluding diaryl/α,β-unsaturated/α-hetero) is 1. The number of ketones is 1. The molecular formula is C14H21NO2. The molecule has 0 bridgehead atoms. The van der Waals surface area contributed by atoms with Crippen LogP contribution in [0.15, 0.2) is 12.1 Å². The molecule has 0 aliphatic carbocycles. The van der Waals surface area contributed by atoms with E-state index in [0.29, 0.717) is 6.54 Å². The lowest BCUT2D eigenvalue weighted by molar-refractivity contribution is 0.0992. The summed E-state index contributed by atoms with van der Waals surface area (Å²) in [7, 11) is 3.43. The Morgan fingerprint density at radius 3 is 2.53 bits per heavy atom. The number of aryl methyl sites for hydroxylation is 1. The smallest absolute Gasteiger partial charge is 0.177 e. The van der Waals surface area contributed by atoms with Crippen molar-refractivity contribution < 1.29 is 9.53 Å². The molecule has 1 aromatic carbocycles. The highest BCUT2D eigenvalue weighted by Crippen LogP contribution is 2.33. The standard InChI is InChI=1S/C14H21NO2/c1-9(2)13-11(12(16)8-15-4)7-6-10(3)14(13)17-5/h6-7,9,15H,8H2,1-5H3. The van der Waals surface area contributed by atoms with Gasteiger partial charge in [-0.15, -0.1) is 0 Å². The van der Waals surface area contributed by atoms with Gasteiger partial charge in [-0.1, -0.05) is 26.0 Å². The molecule has 0 aromatic heterocycles. The third-order valence-corrected chi connectivity index (χ3v) is 2.81. The molecule has 0 saturated carbocycles. The van der Waals surface area contributed by atoms with Crippen molar-refractivity contribution in [3.63, 3.8) is 0 Å². The quantitative estimate of drug-likeness (QED) is 0.797. The van der Waals surface area contributed by atoms with Crippen molar-refractivity contribution in [2.24, 2.45) is 0 Å². The number of nitrogens with one attached hydrogen (secondary N) is 1. The van der Waals surface area contributed by atoms with Gasteiger partial charge in [0.1, 0.15) is 5.75 Å². The van der Waals surface area contributed by atoms with Crippen molar-refractivity contribution in [2.45, 2.75) is 26.7 Å². The summed E-state index contributed by atoms with van der Waals surface area (Å²) in [6, 6.07) is 3.83. The summed E-state index contributed by atoms with van der Waals surface area (Å²) >= 11 is 0. The van der Waals surface area contributed by atoms with Crippen LogP contribution in [0.25, 0.3) is 0 Å². The molecule has 0 radical (unpaired) electrons. The van der Waals surface area contributed by atoms with Gasteiger partial charge in [0.2, 0.25) is 0 Å². The van der Waals surface area contributed by atoms with Crippen molar-refractivity contribution in [1.29, 1.82) is 0 Å². The van der Waals surface area contributed by atoms with Gasteiger partial charge in [0.15, 0.2) is 5.78 Å². The molecule has 3 heteroatoms. The van der Waals surface area contributed by atoms with Crippen molar-refractivity contribution >= 4 is 5.78 Å². The molecule has 17 heavy (non-hydrogen) atoms. The van der Waals surface area contributed by atoms with Crippen LogP contribution < -0.4 is 10.1 Å². The van der Waals surface area contributed by atoms with Crippen LogP contribution in [0.1, 0.15) is 41.3 Å². The molecule has 1 aromatic rings. The van der Waals surface area contributed by atoms with Gasteiger partial charge in [0.25, 0.3) is 0 Å². The fraction of sp³-hybridized carbons (Fsp3) is 0.500. The van der Waals surface area contributed by atoms with Crippen LogP contribution in [0, 0.1) is 6.92 Å². The van der Waals surface area contributed by atoms with Crippen molar-refractivity contribution in [3.05, 3.63) is 28.8 Å². The molecule has 0 aliphatic rings. The Labute approximate surface area is 103 Å². The lowest BCUT2D eigenvalue weighted by Gasteiger charge is -2.18. The third kappa shape index (κ3) is 2.86. The SMILES string of the molecule is CNCC(=O)c1ccc(C)c(OC)c1C(C)C. The first-order valence-electron chi connectivity index (χ1n) is 5.88. The van der Waals surface area contributed by atoms with Gasteiger partial charge in [0.05, 0.1) is 13.7 Å². The molecule has 0 aliphatic heterocycles. The molecule has 94 valence electrons. The highest BCUT2D eigenvalue weighted by molar-refractivity contribution is 5.99. The molecule has 0 unspecified atom stereocenters. The Kier molecular flexibility index (Phi) is 4.70. The average Bonchev–Trinajstić information content (AvgIpc) is 2.28.